The zero-order valence-electron chi connectivity index (χ0n) is 13.8. The largest absolute Gasteiger partial charge is 0.748 e. The Morgan fingerprint density at radius 1 is 1.39 bits per heavy atom. The molecule has 0 bridgehead atoms. The van der Waals surface area contributed by atoms with Gasteiger partial charge in [0.05, 0.1) is 16.0 Å². The van der Waals surface area contributed by atoms with Crippen molar-refractivity contribution in [3.8, 4) is 0 Å². The van der Waals surface area contributed by atoms with Gasteiger partial charge < -0.3 is 14.6 Å². The number of carboxylic acids is 1. The number of carbonyl (C=O) groups is 1. The summed E-state index contributed by atoms with van der Waals surface area (Å²) in [5, 5.41) is 9.29. The van der Waals surface area contributed by atoms with E-state index in [-0.39, 0.29) is 29.0 Å². The molecule has 2 rings (SSSR count). The molecular formula is C16H26NO5S-. The minimum atomic E-state index is -4.15. The number of nitrogens with zero attached hydrogens (tertiary/aromatic N) is 1. The van der Waals surface area contributed by atoms with Crippen LogP contribution in [-0.2, 0) is 14.9 Å². The number of carboxylic acid groups (broad SMARTS) is 1. The van der Waals surface area contributed by atoms with Crippen LogP contribution in [0.25, 0.3) is 0 Å². The number of aliphatic carboxylic acids is 1. The van der Waals surface area contributed by atoms with Gasteiger partial charge in [-0.2, -0.15) is 0 Å². The molecule has 7 heteroatoms. The molecule has 1 N–H and O–H groups in total. The predicted octanol–water partition coefficient (Wildman–Crippen LogP) is 2.04. The molecule has 2 aliphatic rings. The van der Waals surface area contributed by atoms with Crippen LogP contribution in [0.2, 0.25) is 0 Å². The van der Waals surface area contributed by atoms with Crippen molar-refractivity contribution in [2.45, 2.75) is 52.0 Å². The van der Waals surface area contributed by atoms with Crippen LogP contribution in [0.3, 0.4) is 0 Å². The number of hydrogen-bond donors (Lipinski definition) is 1. The summed E-state index contributed by atoms with van der Waals surface area (Å²) in [6, 6.07) is 0.275. The van der Waals surface area contributed by atoms with Crippen molar-refractivity contribution in [1.82, 2.24) is 4.90 Å². The van der Waals surface area contributed by atoms with Gasteiger partial charge in [0.25, 0.3) is 0 Å². The molecule has 0 aromatic heterocycles. The Labute approximate surface area is 138 Å². The quantitative estimate of drug-likeness (QED) is 0.585. The zero-order chi connectivity index (χ0) is 17.4. The van der Waals surface area contributed by atoms with E-state index in [2.05, 4.69) is 25.3 Å². The highest BCUT2D eigenvalue weighted by Gasteiger charge is 2.52. The van der Waals surface area contributed by atoms with Crippen LogP contribution >= 0.6 is 0 Å². The molecule has 1 aliphatic carbocycles. The lowest BCUT2D eigenvalue weighted by molar-refractivity contribution is -0.144. The van der Waals surface area contributed by atoms with Gasteiger partial charge in [0, 0.05) is 29.5 Å². The SMILES string of the molecule is C=C1N(CCCCS(=O)(=O)[O-])C2CCC(C(=O)O)CC2C1(C)C. The molecule has 1 saturated carbocycles. The van der Waals surface area contributed by atoms with Crippen molar-refractivity contribution < 1.29 is 22.9 Å². The van der Waals surface area contributed by atoms with Crippen LogP contribution < -0.4 is 0 Å². The molecule has 0 amide bonds. The lowest BCUT2D eigenvalue weighted by Gasteiger charge is -2.37. The molecule has 3 atom stereocenters. The Balaban J connectivity index is 2.02. The summed E-state index contributed by atoms with van der Waals surface area (Å²) in [5.74, 6) is -1.07. The minimum absolute atomic E-state index is 0.149. The molecular weight excluding hydrogens is 318 g/mol. The van der Waals surface area contributed by atoms with Crippen LogP contribution in [0.5, 0.6) is 0 Å². The van der Waals surface area contributed by atoms with Crippen molar-refractivity contribution in [3.63, 3.8) is 0 Å². The fourth-order valence-electron chi connectivity index (χ4n) is 4.17. The van der Waals surface area contributed by atoms with E-state index in [0.29, 0.717) is 32.2 Å². The first-order valence-electron chi connectivity index (χ1n) is 8.16. The molecule has 1 heterocycles. The summed E-state index contributed by atoms with van der Waals surface area (Å²) in [6.07, 6.45) is 3.14. The van der Waals surface area contributed by atoms with E-state index >= 15 is 0 Å². The molecule has 132 valence electrons. The highest BCUT2D eigenvalue weighted by Crippen LogP contribution is 2.53. The standard InChI is InChI=1S/C16H27NO5S/c1-11-16(2,3)13-10-12(15(18)19)6-7-14(13)17(11)8-4-5-9-23(20,21)22/h12-14H,1,4-10H2,2-3H3,(H,18,19)(H,20,21,22)/p-1. The van der Waals surface area contributed by atoms with Crippen molar-refractivity contribution in [2.24, 2.45) is 17.3 Å². The van der Waals surface area contributed by atoms with Crippen molar-refractivity contribution in [2.75, 3.05) is 12.3 Å². The number of rotatable bonds is 6. The topological polar surface area (TPSA) is 97.7 Å². The molecule has 23 heavy (non-hydrogen) atoms. The van der Waals surface area contributed by atoms with Gasteiger partial charge in [-0.15, -0.1) is 0 Å². The van der Waals surface area contributed by atoms with E-state index in [4.69, 9.17) is 0 Å². The summed E-state index contributed by atoms with van der Waals surface area (Å²) < 4.78 is 32.0. The molecule has 0 aromatic rings. The monoisotopic (exact) mass is 344 g/mol. The van der Waals surface area contributed by atoms with E-state index in [9.17, 15) is 22.9 Å². The summed E-state index contributed by atoms with van der Waals surface area (Å²) in [7, 11) is -4.15. The van der Waals surface area contributed by atoms with Crippen molar-refractivity contribution in [1.29, 1.82) is 0 Å². The zero-order valence-corrected chi connectivity index (χ0v) is 14.6. The molecule has 2 fully saturated rings. The fraction of sp³-hybridized carbons (Fsp3) is 0.812. The van der Waals surface area contributed by atoms with Gasteiger partial charge in [0.15, 0.2) is 0 Å². The van der Waals surface area contributed by atoms with Gasteiger partial charge in [0.2, 0.25) is 0 Å². The second-order valence-electron chi connectivity index (χ2n) is 7.35. The number of fused-ring (bicyclic) bond motifs is 1. The molecule has 0 aromatic carbocycles. The van der Waals surface area contributed by atoms with Crippen LogP contribution in [0.1, 0.15) is 46.0 Å². The highest BCUT2D eigenvalue weighted by atomic mass is 32.2. The maximum Gasteiger partial charge on any atom is 0.306 e. The van der Waals surface area contributed by atoms with E-state index in [1.165, 1.54) is 0 Å². The number of hydrogen-bond acceptors (Lipinski definition) is 5. The molecule has 1 saturated heterocycles. The third-order valence-electron chi connectivity index (χ3n) is 5.62. The number of unbranched alkanes of at least 4 members (excludes halogenated alkanes) is 1. The van der Waals surface area contributed by atoms with Gasteiger partial charge in [-0.3, -0.25) is 4.79 Å². The summed E-state index contributed by atoms with van der Waals surface area (Å²) >= 11 is 0. The Hall–Kier alpha value is -1.08. The lowest BCUT2D eigenvalue weighted by atomic mass is 9.68. The van der Waals surface area contributed by atoms with Gasteiger partial charge >= 0.3 is 5.97 Å². The van der Waals surface area contributed by atoms with Crippen molar-refractivity contribution >= 4 is 16.1 Å². The average molecular weight is 344 g/mol. The van der Waals surface area contributed by atoms with E-state index < -0.39 is 16.1 Å². The summed E-state index contributed by atoms with van der Waals surface area (Å²) in [6.45, 7) is 9.11. The maximum absolute atomic E-state index is 11.3. The first-order valence-corrected chi connectivity index (χ1v) is 9.74. The molecule has 1 aliphatic heterocycles. The van der Waals surface area contributed by atoms with E-state index in [0.717, 1.165) is 12.1 Å². The lowest BCUT2D eigenvalue weighted by Crippen LogP contribution is -2.39. The van der Waals surface area contributed by atoms with Gasteiger partial charge in [-0.1, -0.05) is 20.4 Å². The maximum atomic E-state index is 11.3. The predicted molar refractivity (Wildman–Crippen MR) is 85.7 cm³/mol. The smallest absolute Gasteiger partial charge is 0.306 e. The number of likely N-dealkylation sites (tertiary alicyclic amines) is 1. The fourth-order valence-corrected chi connectivity index (χ4v) is 4.73. The second-order valence-corrected chi connectivity index (χ2v) is 8.88. The normalized spacial score (nSPS) is 30.3. The van der Waals surface area contributed by atoms with Crippen LogP contribution in [0, 0.1) is 17.3 Å². The molecule has 0 radical (unpaired) electrons. The first-order chi connectivity index (χ1) is 10.5. The summed E-state index contributed by atoms with van der Waals surface area (Å²) in [5.41, 5.74) is 0.854. The average Bonchev–Trinajstić information content (AvgIpc) is 2.62. The molecule has 0 spiro atoms. The minimum Gasteiger partial charge on any atom is -0.748 e. The summed E-state index contributed by atoms with van der Waals surface area (Å²) in [4.78, 5) is 13.5. The van der Waals surface area contributed by atoms with Crippen LogP contribution in [-0.4, -0.2) is 47.3 Å². The Morgan fingerprint density at radius 2 is 2.04 bits per heavy atom. The third-order valence-corrected chi connectivity index (χ3v) is 6.41. The molecule has 6 nitrogen and oxygen atoms in total. The Morgan fingerprint density at radius 3 is 2.61 bits per heavy atom. The second kappa shape index (κ2) is 6.43. The third kappa shape index (κ3) is 3.88. The van der Waals surface area contributed by atoms with E-state index in [1.807, 2.05) is 0 Å². The number of allylic oxidation sites excluding steroid dienone is 1. The van der Waals surface area contributed by atoms with Gasteiger partial charge in [-0.25, -0.2) is 8.42 Å². The van der Waals surface area contributed by atoms with E-state index in [1.54, 1.807) is 0 Å². The first kappa shape index (κ1) is 18.3. The van der Waals surface area contributed by atoms with Gasteiger partial charge in [0.1, 0.15) is 0 Å². The highest BCUT2D eigenvalue weighted by molar-refractivity contribution is 7.85. The Bertz CT molecular complexity index is 583. The molecule has 3 unspecified atom stereocenters. The Kier molecular flexibility index (Phi) is 5.11. The van der Waals surface area contributed by atoms with Crippen molar-refractivity contribution in [3.05, 3.63) is 12.3 Å². The van der Waals surface area contributed by atoms with Gasteiger partial charge in [-0.05, 0) is 38.0 Å². The van der Waals surface area contributed by atoms with Crippen LogP contribution in [0.15, 0.2) is 12.3 Å². The van der Waals surface area contributed by atoms with Crippen LogP contribution in [0.4, 0.5) is 0 Å².